The number of carbonyl (C=O) groups excluding carboxylic acids is 3. The minimum Gasteiger partial charge on any atom is -0.480 e. The Kier molecular flexibility index (Phi) is 7.99. The Morgan fingerprint density at radius 2 is 2.03 bits per heavy atom. The van der Waals surface area contributed by atoms with Crippen LogP contribution >= 0.6 is 27.5 Å². The van der Waals surface area contributed by atoms with Crippen molar-refractivity contribution in [2.45, 2.75) is 63.7 Å². The molecular formula is C21H26BrClN2O5. The first-order chi connectivity index (χ1) is 14.3. The summed E-state index contributed by atoms with van der Waals surface area (Å²) >= 11 is 9.30. The van der Waals surface area contributed by atoms with Crippen molar-refractivity contribution >= 4 is 45.3 Å². The van der Waals surface area contributed by atoms with Gasteiger partial charge in [0.2, 0.25) is 5.91 Å². The minimum absolute atomic E-state index is 0.0911. The molecule has 3 rings (SSSR count). The van der Waals surface area contributed by atoms with Crippen LogP contribution in [0.15, 0.2) is 22.7 Å². The predicted octanol–water partition coefficient (Wildman–Crippen LogP) is 3.46. The van der Waals surface area contributed by atoms with Gasteiger partial charge in [0.05, 0.1) is 10.9 Å². The van der Waals surface area contributed by atoms with Crippen molar-refractivity contribution in [2.24, 2.45) is 0 Å². The highest BCUT2D eigenvalue weighted by molar-refractivity contribution is 9.10. The zero-order chi connectivity index (χ0) is 21.7. The first-order valence-corrected chi connectivity index (χ1v) is 11.4. The van der Waals surface area contributed by atoms with Crippen molar-refractivity contribution in [3.8, 4) is 5.75 Å². The summed E-state index contributed by atoms with van der Waals surface area (Å²) in [6.07, 6.45) is 3.85. The molecule has 164 valence electrons. The van der Waals surface area contributed by atoms with Gasteiger partial charge in [-0.1, -0.05) is 18.0 Å². The third kappa shape index (κ3) is 5.88. The van der Waals surface area contributed by atoms with E-state index in [0.29, 0.717) is 28.3 Å². The lowest BCUT2D eigenvalue weighted by molar-refractivity contribution is -0.157. The number of nitrogens with zero attached hydrogens (tertiary/aromatic N) is 1. The summed E-state index contributed by atoms with van der Waals surface area (Å²) in [6.45, 7) is 2.25. The van der Waals surface area contributed by atoms with E-state index in [-0.39, 0.29) is 24.3 Å². The molecule has 2 aliphatic rings. The van der Waals surface area contributed by atoms with Gasteiger partial charge in [-0.15, -0.1) is 0 Å². The van der Waals surface area contributed by atoms with Gasteiger partial charge in [0.1, 0.15) is 17.9 Å². The van der Waals surface area contributed by atoms with Crippen LogP contribution in [0.3, 0.4) is 0 Å². The molecular weight excluding hydrogens is 476 g/mol. The fraction of sp³-hybridized carbons (Fsp3) is 0.571. The van der Waals surface area contributed by atoms with E-state index in [4.69, 9.17) is 21.1 Å². The molecule has 2 fully saturated rings. The number of hydrogen-bond donors (Lipinski definition) is 1. The summed E-state index contributed by atoms with van der Waals surface area (Å²) in [7, 11) is 0. The summed E-state index contributed by atoms with van der Waals surface area (Å²) in [4.78, 5) is 39.3. The first-order valence-electron chi connectivity index (χ1n) is 10.2. The molecule has 1 saturated heterocycles. The molecule has 7 nitrogen and oxygen atoms in total. The summed E-state index contributed by atoms with van der Waals surface area (Å²) < 4.78 is 12.0. The Hall–Kier alpha value is -1.80. The second-order valence-electron chi connectivity index (χ2n) is 7.63. The second-order valence-corrected chi connectivity index (χ2v) is 8.92. The molecule has 0 aromatic heterocycles. The average Bonchev–Trinajstić information content (AvgIpc) is 2.71. The third-order valence-electron chi connectivity index (χ3n) is 5.37. The average molecular weight is 502 g/mol. The molecule has 2 amide bonds. The fourth-order valence-corrected chi connectivity index (χ4v) is 4.58. The van der Waals surface area contributed by atoms with Gasteiger partial charge in [0.15, 0.2) is 6.10 Å². The van der Waals surface area contributed by atoms with Gasteiger partial charge < -0.3 is 19.7 Å². The van der Waals surface area contributed by atoms with Gasteiger partial charge in [0, 0.05) is 18.1 Å². The molecule has 1 aliphatic heterocycles. The van der Waals surface area contributed by atoms with E-state index in [0.717, 1.165) is 32.1 Å². The number of nitrogens with one attached hydrogen (secondary N) is 1. The van der Waals surface area contributed by atoms with Crippen LogP contribution < -0.4 is 10.1 Å². The van der Waals surface area contributed by atoms with Gasteiger partial charge >= 0.3 is 5.97 Å². The van der Waals surface area contributed by atoms with E-state index in [1.165, 1.54) is 4.90 Å². The van der Waals surface area contributed by atoms with Crippen molar-refractivity contribution < 1.29 is 23.9 Å². The molecule has 9 heteroatoms. The maximum atomic E-state index is 13.0. The van der Waals surface area contributed by atoms with Crippen LogP contribution in [-0.2, 0) is 19.1 Å². The van der Waals surface area contributed by atoms with Crippen molar-refractivity contribution in [2.75, 3.05) is 13.1 Å². The summed E-state index contributed by atoms with van der Waals surface area (Å²) in [6, 6.07) is 4.10. The fourth-order valence-electron chi connectivity index (χ4n) is 3.80. The largest absolute Gasteiger partial charge is 0.480 e. The van der Waals surface area contributed by atoms with Crippen molar-refractivity contribution in [3.63, 3.8) is 0 Å². The van der Waals surface area contributed by atoms with Crippen LogP contribution in [0.5, 0.6) is 5.75 Å². The lowest BCUT2D eigenvalue weighted by Gasteiger charge is -2.36. The normalized spacial score (nSPS) is 21.0. The molecule has 2 unspecified atom stereocenters. The number of rotatable bonds is 6. The molecule has 2 atom stereocenters. The maximum absolute atomic E-state index is 13.0. The summed E-state index contributed by atoms with van der Waals surface area (Å²) in [5.74, 6) is -0.692. The Morgan fingerprint density at radius 3 is 2.73 bits per heavy atom. The quantitative estimate of drug-likeness (QED) is 0.604. The molecule has 0 spiro atoms. The van der Waals surface area contributed by atoms with Gasteiger partial charge in [-0.2, -0.15) is 0 Å². The molecule has 1 heterocycles. The molecule has 0 bridgehead atoms. The lowest BCUT2D eigenvalue weighted by atomic mass is 9.98. The molecule has 0 radical (unpaired) electrons. The number of piperazine rings is 1. The number of esters is 1. The third-order valence-corrected chi connectivity index (χ3v) is 6.22. The summed E-state index contributed by atoms with van der Waals surface area (Å²) in [5.41, 5.74) is 0. The van der Waals surface area contributed by atoms with E-state index < -0.39 is 18.1 Å². The SMILES string of the molecule is CC(Oc1ccc(Cl)cc1Br)C(=O)N1CCNC(=O)C1CC(=O)OC1CCCCC1. The van der Waals surface area contributed by atoms with E-state index in [2.05, 4.69) is 21.2 Å². The van der Waals surface area contributed by atoms with Gasteiger partial charge in [-0.3, -0.25) is 14.4 Å². The zero-order valence-electron chi connectivity index (χ0n) is 16.9. The van der Waals surface area contributed by atoms with Crippen LogP contribution in [0, 0.1) is 0 Å². The van der Waals surface area contributed by atoms with E-state index in [1.54, 1.807) is 25.1 Å². The molecule has 1 aliphatic carbocycles. The van der Waals surface area contributed by atoms with E-state index in [9.17, 15) is 14.4 Å². The van der Waals surface area contributed by atoms with Crippen LogP contribution in [0.2, 0.25) is 5.02 Å². The van der Waals surface area contributed by atoms with E-state index in [1.807, 2.05) is 0 Å². The van der Waals surface area contributed by atoms with Crippen LogP contribution in [0.1, 0.15) is 45.4 Å². The molecule has 1 aromatic rings. The Bertz CT molecular complexity index is 800. The highest BCUT2D eigenvalue weighted by Gasteiger charge is 2.38. The number of amides is 2. The topological polar surface area (TPSA) is 84.9 Å². The van der Waals surface area contributed by atoms with Crippen LogP contribution in [0.25, 0.3) is 0 Å². The lowest BCUT2D eigenvalue weighted by Crippen LogP contribution is -2.60. The molecule has 30 heavy (non-hydrogen) atoms. The maximum Gasteiger partial charge on any atom is 0.308 e. The van der Waals surface area contributed by atoms with Crippen molar-refractivity contribution in [1.82, 2.24) is 10.2 Å². The highest BCUT2D eigenvalue weighted by Crippen LogP contribution is 2.29. The Morgan fingerprint density at radius 1 is 1.30 bits per heavy atom. The van der Waals surface area contributed by atoms with Crippen molar-refractivity contribution in [1.29, 1.82) is 0 Å². The number of ether oxygens (including phenoxy) is 2. The van der Waals surface area contributed by atoms with Gasteiger partial charge in [0.25, 0.3) is 5.91 Å². The highest BCUT2D eigenvalue weighted by atomic mass is 79.9. The number of carbonyl (C=O) groups is 3. The predicted molar refractivity (Wildman–Crippen MR) is 115 cm³/mol. The molecule has 1 saturated carbocycles. The zero-order valence-corrected chi connectivity index (χ0v) is 19.2. The summed E-state index contributed by atoms with van der Waals surface area (Å²) in [5, 5.41) is 3.27. The minimum atomic E-state index is -0.901. The first kappa shape index (κ1) is 22.9. The van der Waals surface area contributed by atoms with Crippen molar-refractivity contribution in [3.05, 3.63) is 27.7 Å². The van der Waals surface area contributed by atoms with Gasteiger partial charge in [-0.05, 0) is 66.7 Å². The molecule has 1 aromatic carbocycles. The van der Waals surface area contributed by atoms with Crippen LogP contribution in [0.4, 0.5) is 0 Å². The Balaban J connectivity index is 1.64. The number of hydrogen-bond acceptors (Lipinski definition) is 5. The standard InChI is InChI=1S/C21H26BrClN2O5/c1-13(29-18-8-7-14(23)11-16(18)22)21(28)25-10-9-24-20(27)17(25)12-19(26)30-15-5-3-2-4-6-15/h7-8,11,13,15,17H,2-6,9-10,12H2,1H3,(H,24,27). The van der Waals surface area contributed by atoms with E-state index >= 15 is 0 Å². The smallest absolute Gasteiger partial charge is 0.308 e. The Labute approximate surface area is 189 Å². The monoisotopic (exact) mass is 500 g/mol. The van der Waals surface area contributed by atoms with Crippen LogP contribution in [-0.4, -0.2) is 54.0 Å². The number of halogens is 2. The second kappa shape index (κ2) is 10.5. The number of benzene rings is 1. The molecule has 1 N–H and O–H groups in total. The van der Waals surface area contributed by atoms with Gasteiger partial charge in [-0.25, -0.2) is 0 Å².